The van der Waals surface area contributed by atoms with Crippen molar-refractivity contribution < 1.29 is 9.53 Å². The van der Waals surface area contributed by atoms with Crippen LogP contribution in [0.25, 0.3) is 0 Å². The molecule has 1 amide bonds. The van der Waals surface area contributed by atoms with E-state index in [0.717, 1.165) is 12.2 Å². The van der Waals surface area contributed by atoms with Gasteiger partial charge in [-0.05, 0) is 42.8 Å². The lowest BCUT2D eigenvalue weighted by molar-refractivity contribution is 0.102. The molecule has 1 aromatic heterocycles. The number of halogens is 1. The predicted octanol–water partition coefficient (Wildman–Crippen LogP) is 3.78. The molecule has 0 bridgehead atoms. The maximum Gasteiger partial charge on any atom is 0.274 e. The summed E-state index contributed by atoms with van der Waals surface area (Å²) in [5.41, 5.74) is 0.962. The van der Waals surface area contributed by atoms with Crippen molar-refractivity contribution in [2.45, 2.75) is 13.3 Å². The molecule has 1 N–H and O–H groups in total. The minimum atomic E-state index is -0.297. The minimum Gasteiger partial charge on any atom is -0.494 e. The Bertz CT molecular complexity index is 585. The zero-order valence-corrected chi connectivity index (χ0v) is 11.9. The van der Waals surface area contributed by atoms with Crippen molar-refractivity contribution in [3.63, 3.8) is 0 Å². The summed E-state index contributed by atoms with van der Waals surface area (Å²) in [5.74, 6) is 0.487. The zero-order chi connectivity index (χ0) is 14.4. The Labute approximate surface area is 122 Å². The smallest absolute Gasteiger partial charge is 0.274 e. The molecule has 1 aromatic carbocycles. The molecule has 0 saturated heterocycles. The third-order valence-corrected chi connectivity index (χ3v) is 2.77. The lowest BCUT2D eigenvalue weighted by Gasteiger charge is -2.07. The van der Waals surface area contributed by atoms with E-state index in [4.69, 9.17) is 16.3 Å². The number of ether oxygens (including phenoxy) is 1. The topological polar surface area (TPSA) is 51.2 Å². The molecule has 2 rings (SSSR count). The largest absolute Gasteiger partial charge is 0.494 e. The summed E-state index contributed by atoms with van der Waals surface area (Å²) in [7, 11) is 0. The van der Waals surface area contributed by atoms with Crippen molar-refractivity contribution in [2.75, 3.05) is 11.9 Å². The third-order valence-electron chi connectivity index (χ3n) is 2.54. The normalized spacial score (nSPS) is 10.1. The molecule has 4 nitrogen and oxygen atoms in total. The van der Waals surface area contributed by atoms with Gasteiger partial charge in [0.15, 0.2) is 0 Å². The highest BCUT2D eigenvalue weighted by Gasteiger charge is 2.08. The highest BCUT2D eigenvalue weighted by molar-refractivity contribution is 6.30. The number of aromatic nitrogens is 1. The second kappa shape index (κ2) is 6.91. The van der Waals surface area contributed by atoms with Gasteiger partial charge >= 0.3 is 0 Å². The van der Waals surface area contributed by atoms with Gasteiger partial charge in [0.1, 0.15) is 11.4 Å². The van der Waals surface area contributed by atoms with E-state index >= 15 is 0 Å². The number of nitrogens with one attached hydrogen (secondary N) is 1. The quantitative estimate of drug-likeness (QED) is 0.912. The van der Waals surface area contributed by atoms with E-state index < -0.39 is 0 Å². The molecule has 104 valence electrons. The highest BCUT2D eigenvalue weighted by Crippen LogP contribution is 2.17. The van der Waals surface area contributed by atoms with Gasteiger partial charge in [0.05, 0.1) is 6.61 Å². The van der Waals surface area contributed by atoms with Crippen molar-refractivity contribution in [1.29, 1.82) is 0 Å². The fraction of sp³-hybridized carbons (Fsp3) is 0.200. The van der Waals surface area contributed by atoms with Crippen LogP contribution in [0.5, 0.6) is 5.75 Å². The number of hydrogen-bond donors (Lipinski definition) is 1. The number of carbonyl (C=O) groups is 1. The first-order valence-corrected chi connectivity index (χ1v) is 6.72. The minimum absolute atomic E-state index is 0.281. The van der Waals surface area contributed by atoms with Gasteiger partial charge in [0.2, 0.25) is 0 Å². The molecular weight excluding hydrogens is 276 g/mol. The first-order valence-electron chi connectivity index (χ1n) is 6.35. The van der Waals surface area contributed by atoms with Crippen molar-refractivity contribution in [1.82, 2.24) is 4.98 Å². The first kappa shape index (κ1) is 14.3. The number of amides is 1. The molecule has 0 fully saturated rings. The van der Waals surface area contributed by atoms with Crippen LogP contribution >= 0.6 is 11.6 Å². The molecule has 0 saturated carbocycles. The number of hydrogen-bond acceptors (Lipinski definition) is 3. The Balaban J connectivity index is 2.01. The Hall–Kier alpha value is -2.07. The lowest BCUT2D eigenvalue weighted by Crippen LogP contribution is -2.13. The van der Waals surface area contributed by atoms with Crippen molar-refractivity contribution >= 4 is 23.2 Å². The number of rotatable bonds is 5. The summed E-state index contributed by atoms with van der Waals surface area (Å²) in [4.78, 5) is 15.9. The fourth-order valence-corrected chi connectivity index (χ4v) is 1.74. The van der Waals surface area contributed by atoms with E-state index in [0.29, 0.717) is 17.3 Å². The van der Waals surface area contributed by atoms with Gasteiger partial charge < -0.3 is 10.1 Å². The van der Waals surface area contributed by atoms with Crippen LogP contribution in [0.2, 0.25) is 5.02 Å². The molecule has 0 aliphatic rings. The highest BCUT2D eigenvalue weighted by atomic mass is 35.5. The zero-order valence-electron chi connectivity index (χ0n) is 11.1. The standard InChI is InChI=1S/C15H15ClN2O2/c1-2-9-20-13-5-3-12(4-6-13)18-15(19)14-10-11(16)7-8-17-14/h3-8,10H,2,9H2,1H3,(H,18,19). The van der Waals surface area contributed by atoms with E-state index in [-0.39, 0.29) is 11.6 Å². The van der Waals surface area contributed by atoms with Crippen LogP contribution in [0.3, 0.4) is 0 Å². The molecule has 0 radical (unpaired) electrons. The van der Waals surface area contributed by atoms with Gasteiger partial charge in [-0.15, -0.1) is 0 Å². The van der Waals surface area contributed by atoms with Gasteiger partial charge in [-0.2, -0.15) is 0 Å². The average molecular weight is 291 g/mol. The number of pyridine rings is 1. The van der Waals surface area contributed by atoms with Crippen LogP contribution in [-0.2, 0) is 0 Å². The second-order valence-corrected chi connectivity index (χ2v) is 4.62. The molecule has 2 aromatic rings. The van der Waals surface area contributed by atoms with Gasteiger partial charge in [-0.3, -0.25) is 9.78 Å². The SMILES string of the molecule is CCCOc1ccc(NC(=O)c2cc(Cl)ccn2)cc1. The van der Waals surface area contributed by atoms with Crippen LogP contribution in [0.15, 0.2) is 42.6 Å². The number of carbonyl (C=O) groups excluding carboxylic acids is 1. The van der Waals surface area contributed by atoms with E-state index in [2.05, 4.69) is 10.3 Å². The monoisotopic (exact) mass is 290 g/mol. The third kappa shape index (κ3) is 3.96. The first-order chi connectivity index (χ1) is 9.69. The average Bonchev–Trinajstić information content (AvgIpc) is 2.46. The van der Waals surface area contributed by atoms with Crippen LogP contribution < -0.4 is 10.1 Å². The predicted molar refractivity (Wildman–Crippen MR) is 79.4 cm³/mol. The van der Waals surface area contributed by atoms with Gasteiger partial charge in [-0.25, -0.2) is 0 Å². The van der Waals surface area contributed by atoms with E-state index in [1.807, 2.05) is 19.1 Å². The molecule has 0 aliphatic heterocycles. The Kier molecular flexibility index (Phi) is 4.96. The maximum absolute atomic E-state index is 12.0. The summed E-state index contributed by atoms with van der Waals surface area (Å²) in [5, 5.41) is 3.23. The number of anilines is 1. The van der Waals surface area contributed by atoms with Crippen molar-refractivity contribution in [2.24, 2.45) is 0 Å². The molecular formula is C15H15ClN2O2. The summed E-state index contributed by atoms with van der Waals surface area (Å²) in [6.07, 6.45) is 2.46. The summed E-state index contributed by atoms with van der Waals surface area (Å²) in [6, 6.07) is 10.3. The van der Waals surface area contributed by atoms with Crippen molar-refractivity contribution in [3.05, 3.63) is 53.3 Å². The van der Waals surface area contributed by atoms with Gasteiger partial charge in [0.25, 0.3) is 5.91 Å². The molecule has 0 aliphatic carbocycles. The Morgan fingerprint density at radius 3 is 2.70 bits per heavy atom. The fourth-order valence-electron chi connectivity index (χ4n) is 1.58. The van der Waals surface area contributed by atoms with E-state index in [1.54, 1.807) is 18.2 Å². The number of nitrogens with zero attached hydrogens (tertiary/aromatic N) is 1. The maximum atomic E-state index is 12.0. The summed E-state index contributed by atoms with van der Waals surface area (Å²) < 4.78 is 5.47. The molecule has 20 heavy (non-hydrogen) atoms. The van der Waals surface area contributed by atoms with E-state index in [9.17, 15) is 4.79 Å². The van der Waals surface area contributed by atoms with E-state index in [1.165, 1.54) is 12.3 Å². The molecule has 0 spiro atoms. The van der Waals surface area contributed by atoms with Crippen LogP contribution in [0.4, 0.5) is 5.69 Å². The van der Waals surface area contributed by atoms with Crippen LogP contribution in [-0.4, -0.2) is 17.5 Å². The lowest BCUT2D eigenvalue weighted by atomic mass is 10.2. The summed E-state index contributed by atoms with van der Waals surface area (Å²) in [6.45, 7) is 2.73. The molecule has 0 atom stereocenters. The van der Waals surface area contributed by atoms with Gasteiger partial charge in [0, 0.05) is 16.9 Å². The van der Waals surface area contributed by atoms with Crippen molar-refractivity contribution in [3.8, 4) is 5.75 Å². The Morgan fingerprint density at radius 2 is 2.05 bits per heavy atom. The Morgan fingerprint density at radius 1 is 1.30 bits per heavy atom. The van der Waals surface area contributed by atoms with Crippen LogP contribution in [0, 0.1) is 0 Å². The second-order valence-electron chi connectivity index (χ2n) is 4.19. The van der Waals surface area contributed by atoms with Gasteiger partial charge in [-0.1, -0.05) is 18.5 Å². The molecule has 0 unspecified atom stereocenters. The number of benzene rings is 1. The summed E-state index contributed by atoms with van der Waals surface area (Å²) >= 11 is 5.82. The molecule has 5 heteroatoms. The molecule has 1 heterocycles. The van der Waals surface area contributed by atoms with Crippen LogP contribution in [0.1, 0.15) is 23.8 Å².